The Balaban J connectivity index is 2.28. The van der Waals surface area contributed by atoms with E-state index >= 15 is 0 Å². The average molecular weight is 248 g/mol. The zero-order valence-corrected chi connectivity index (χ0v) is 9.47. The number of rotatable bonds is 5. The van der Waals surface area contributed by atoms with Crippen LogP contribution < -0.4 is 11.1 Å². The summed E-state index contributed by atoms with van der Waals surface area (Å²) in [7, 11) is 0. The Morgan fingerprint density at radius 1 is 1.50 bits per heavy atom. The van der Waals surface area contributed by atoms with Crippen LogP contribution in [0.3, 0.4) is 0 Å². The summed E-state index contributed by atoms with van der Waals surface area (Å²) in [5, 5.41) is 14.5. The highest BCUT2D eigenvalue weighted by Crippen LogP contribution is 2.26. The number of primary amides is 1. The molecule has 1 amide bonds. The van der Waals surface area contributed by atoms with Gasteiger partial charge in [-0.2, -0.15) is 0 Å². The number of aromatic nitrogens is 1. The number of nitrogens with zero attached hydrogens (tertiary/aromatic N) is 1. The molecule has 0 saturated heterocycles. The van der Waals surface area contributed by atoms with Crippen molar-refractivity contribution < 1.29 is 9.72 Å². The second-order valence-electron chi connectivity index (χ2n) is 3.84. The molecule has 7 heteroatoms. The second kappa shape index (κ2) is 4.84. The Bertz CT molecular complexity index is 605. The number of non-ortho nitro benzene ring substituents is 1. The lowest BCUT2D eigenvalue weighted by atomic mass is 10.1. The van der Waals surface area contributed by atoms with Crippen molar-refractivity contribution in [2.45, 2.75) is 6.54 Å². The van der Waals surface area contributed by atoms with E-state index in [1.54, 1.807) is 18.3 Å². The number of nitrogens with one attached hydrogen (secondary N) is 2. The molecule has 0 atom stereocenters. The van der Waals surface area contributed by atoms with E-state index in [4.69, 9.17) is 5.73 Å². The van der Waals surface area contributed by atoms with E-state index in [0.29, 0.717) is 12.1 Å². The number of benzene rings is 1. The van der Waals surface area contributed by atoms with Gasteiger partial charge < -0.3 is 16.0 Å². The van der Waals surface area contributed by atoms with Crippen molar-refractivity contribution in [2.75, 3.05) is 6.54 Å². The first-order valence-corrected chi connectivity index (χ1v) is 5.32. The van der Waals surface area contributed by atoms with Gasteiger partial charge in [-0.15, -0.1) is 0 Å². The van der Waals surface area contributed by atoms with Crippen LogP contribution in [0.5, 0.6) is 0 Å². The Labute approximate surface area is 102 Å². The maximum Gasteiger partial charge on any atom is 0.293 e. The number of para-hydroxylation sites is 1. The molecule has 0 saturated carbocycles. The number of aromatic amines is 1. The van der Waals surface area contributed by atoms with Crippen LogP contribution >= 0.6 is 0 Å². The van der Waals surface area contributed by atoms with Crippen LogP contribution in [0.4, 0.5) is 5.69 Å². The number of hydrogen-bond donors (Lipinski definition) is 3. The highest BCUT2D eigenvalue weighted by atomic mass is 16.6. The fourth-order valence-corrected chi connectivity index (χ4v) is 1.82. The number of fused-ring (bicyclic) bond motifs is 1. The van der Waals surface area contributed by atoms with E-state index in [0.717, 1.165) is 10.9 Å². The van der Waals surface area contributed by atoms with E-state index in [9.17, 15) is 14.9 Å². The molecule has 0 unspecified atom stereocenters. The molecule has 94 valence electrons. The van der Waals surface area contributed by atoms with Gasteiger partial charge in [-0.05, 0) is 5.56 Å². The summed E-state index contributed by atoms with van der Waals surface area (Å²) in [5.41, 5.74) is 6.39. The molecule has 0 bridgehead atoms. The number of H-pyrrole nitrogens is 1. The summed E-state index contributed by atoms with van der Waals surface area (Å²) in [5.74, 6) is -0.444. The molecule has 2 aromatic rings. The number of nitrogens with two attached hydrogens (primary N) is 1. The average Bonchev–Trinajstić information content (AvgIpc) is 2.72. The molecule has 0 fully saturated rings. The van der Waals surface area contributed by atoms with Gasteiger partial charge >= 0.3 is 0 Å². The minimum atomic E-state index is -0.444. The van der Waals surface area contributed by atoms with Gasteiger partial charge in [0.25, 0.3) is 5.69 Å². The topological polar surface area (TPSA) is 114 Å². The van der Waals surface area contributed by atoms with E-state index in [1.165, 1.54) is 6.07 Å². The van der Waals surface area contributed by atoms with Crippen molar-refractivity contribution in [3.05, 3.63) is 40.1 Å². The molecule has 7 nitrogen and oxygen atoms in total. The summed E-state index contributed by atoms with van der Waals surface area (Å²) in [6, 6.07) is 4.87. The van der Waals surface area contributed by atoms with E-state index in [-0.39, 0.29) is 12.2 Å². The second-order valence-corrected chi connectivity index (χ2v) is 3.84. The number of hydrogen-bond acceptors (Lipinski definition) is 4. The third kappa shape index (κ3) is 2.30. The van der Waals surface area contributed by atoms with Crippen LogP contribution in [-0.4, -0.2) is 22.4 Å². The zero-order chi connectivity index (χ0) is 13.1. The van der Waals surface area contributed by atoms with Crippen molar-refractivity contribution in [1.82, 2.24) is 10.3 Å². The molecular formula is C11H12N4O3. The van der Waals surface area contributed by atoms with E-state index < -0.39 is 10.8 Å². The lowest BCUT2D eigenvalue weighted by Gasteiger charge is -2.00. The first-order valence-electron chi connectivity index (χ1n) is 5.32. The molecule has 0 aliphatic carbocycles. The first-order chi connectivity index (χ1) is 8.59. The van der Waals surface area contributed by atoms with Crippen molar-refractivity contribution in [1.29, 1.82) is 0 Å². The summed E-state index contributed by atoms with van der Waals surface area (Å²) in [6.07, 6.45) is 1.69. The number of nitro benzene ring substituents is 1. The first kappa shape index (κ1) is 12.1. The van der Waals surface area contributed by atoms with Gasteiger partial charge in [0.2, 0.25) is 5.91 Å². The van der Waals surface area contributed by atoms with Crippen molar-refractivity contribution in [3.8, 4) is 0 Å². The molecule has 0 aliphatic rings. The molecule has 0 aliphatic heterocycles. The smallest absolute Gasteiger partial charge is 0.293 e. The summed E-state index contributed by atoms with van der Waals surface area (Å²) < 4.78 is 0. The van der Waals surface area contributed by atoms with Gasteiger partial charge in [0.05, 0.1) is 11.5 Å². The van der Waals surface area contributed by atoms with Gasteiger partial charge in [0, 0.05) is 24.2 Å². The van der Waals surface area contributed by atoms with Crippen LogP contribution in [-0.2, 0) is 11.3 Å². The maximum absolute atomic E-state index is 10.8. The van der Waals surface area contributed by atoms with Gasteiger partial charge in [0.1, 0.15) is 5.52 Å². The van der Waals surface area contributed by atoms with E-state index in [2.05, 4.69) is 10.3 Å². The third-order valence-corrected chi connectivity index (χ3v) is 2.59. The minimum Gasteiger partial charge on any atom is -0.369 e. The van der Waals surface area contributed by atoms with Crippen molar-refractivity contribution >= 4 is 22.5 Å². The van der Waals surface area contributed by atoms with Gasteiger partial charge in [-0.3, -0.25) is 14.9 Å². The van der Waals surface area contributed by atoms with Gasteiger partial charge in [-0.25, -0.2) is 0 Å². The zero-order valence-electron chi connectivity index (χ0n) is 9.47. The Morgan fingerprint density at radius 3 is 2.94 bits per heavy atom. The lowest BCUT2D eigenvalue weighted by molar-refractivity contribution is -0.383. The fraction of sp³-hybridized carbons (Fsp3) is 0.182. The SMILES string of the molecule is NC(=O)CNCc1c[nH]c2c([N+](=O)[O-])cccc12. The predicted octanol–water partition coefficient (Wildman–Crippen LogP) is 0.651. The summed E-state index contributed by atoms with van der Waals surface area (Å²) >= 11 is 0. The Morgan fingerprint density at radius 2 is 2.28 bits per heavy atom. The van der Waals surface area contributed by atoms with Gasteiger partial charge in [-0.1, -0.05) is 12.1 Å². The Kier molecular flexibility index (Phi) is 3.24. The molecule has 1 aromatic carbocycles. The standard InChI is InChI=1S/C11H12N4O3/c12-10(16)6-13-4-7-5-14-11-8(7)2-1-3-9(11)15(17)18/h1-3,5,13-14H,4,6H2,(H2,12,16). The molecule has 1 heterocycles. The van der Waals surface area contributed by atoms with Crippen molar-refractivity contribution in [2.24, 2.45) is 5.73 Å². The highest BCUT2D eigenvalue weighted by molar-refractivity contribution is 5.90. The fourth-order valence-electron chi connectivity index (χ4n) is 1.82. The number of carbonyl (C=O) groups excluding carboxylic acids is 1. The maximum atomic E-state index is 10.8. The molecule has 0 spiro atoms. The van der Waals surface area contributed by atoms with Crippen LogP contribution in [0.25, 0.3) is 10.9 Å². The normalized spacial score (nSPS) is 10.7. The molecule has 18 heavy (non-hydrogen) atoms. The number of nitro groups is 1. The lowest BCUT2D eigenvalue weighted by Crippen LogP contribution is -2.27. The molecular weight excluding hydrogens is 236 g/mol. The minimum absolute atomic E-state index is 0.0358. The highest BCUT2D eigenvalue weighted by Gasteiger charge is 2.14. The van der Waals surface area contributed by atoms with Crippen LogP contribution in [0.15, 0.2) is 24.4 Å². The quantitative estimate of drug-likeness (QED) is 0.532. The number of carbonyl (C=O) groups is 1. The largest absolute Gasteiger partial charge is 0.369 e. The molecule has 4 N–H and O–H groups in total. The van der Waals surface area contributed by atoms with Crippen LogP contribution in [0.2, 0.25) is 0 Å². The third-order valence-electron chi connectivity index (χ3n) is 2.59. The summed E-state index contributed by atoms with van der Waals surface area (Å²) in [6.45, 7) is 0.492. The monoisotopic (exact) mass is 248 g/mol. The van der Waals surface area contributed by atoms with Gasteiger partial charge in [0.15, 0.2) is 0 Å². The van der Waals surface area contributed by atoms with Crippen molar-refractivity contribution in [3.63, 3.8) is 0 Å². The summed E-state index contributed by atoms with van der Waals surface area (Å²) in [4.78, 5) is 23.9. The van der Waals surface area contributed by atoms with Crippen LogP contribution in [0.1, 0.15) is 5.56 Å². The molecule has 1 aromatic heterocycles. The van der Waals surface area contributed by atoms with E-state index in [1.807, 2.05) is 0 Å². The number of amides is 1. The van der Waals surface area contributed by atoms with Crippen LogP contribution in [0, 0.1) is 10.1 Å². The predicted molar refractivity (Wildman–Crippen MR) is 65.9 cm³/mol. The molecule has 2 rings (SSSR count). The molecule has 0 radical (unpaired) electrons. The Hall–Kier alpha value is -2.41.